The van der Waals surface area contributed by atoms with Crippen LogP contribution in [-0.2, 0) is 16.0 Å². The summed E-state index contributed by atoms with van der Waals surface area (Å²) in [5.41, 5.74) is 2.15. The van der Waals surface area contributed by atoms with Crippen LogP contribution in [0.25, 0.3) is 0 Å². The zero-order valence-corrected chi connectivity index (χ0v) is 11.1. The van der Waals surface area contributed by atoms with Gasteiger partial charge in [0.1, 0.15) is 0 Å². The van der Waals surface area contributed by atoms with Gasteiger partial charge in [-0.3, -0.25) is 9.18 Å². The van der Waals surface area contributed by atoms with E-state index < -0.39 is 0 Å². The lowest BCUT2D eigenvalue weighted by Gasteiger charge is -2.17. The number of rotatable bonds is 7. The average Bonchev–Trinajstić information content (AvgIpc) is 2.41. The second-order valence-electron chi connectivity index (χ2n) is 4.33. The summed E-state index contributed by atoms with van der Waals surface area (Å²) in [6.07, 6.45) is 2.91. The molecule has 0 saturated heterocycles. The highest BCUT2D eigenvalue weighted by atomic mass is 19.1. The fraction of sp³-hybridized carbons (Fsp3) is 0.533. The Labute approximate surface area is 108 Å². The monoisotopic (exact) mass is 252 g/mol. The van der Waals surface area contributed by atoms with Crippen LogP contribution < -0.4 is 0 Å². The van der Waals surface area contributed by atoms with E-state index in [9.17, 15) is 9.18 Å². The fourth-order valence-electron chi connectivity index (χ4n) is 2.17. The van der Waals surface area contributed by atoms with Gasteiger partial charge in [0.2, 0.25) is 0 Å². The zero-order valence-electron chi connectivity index (χ0n) is 11.1. The van der Waals surface area contributed by atoms with E-state index in [1.165, 1.54) is 7.11 Å². The molecule has 0 heterocycles. The molecule has 1 aromatic rings. The second-order valence-corrected chi connectivity index (χ2v) is 4.33. The number of carbonyl (C=O) groups excluding carboxylic acids is 1. The molecule has 0 N–H and O–H groups in total. The molecule has 0 aliphatic heterocycles. The largest absolute Gasteiger partial charge is 0.469 e. The normalized spacial score (nSPS) is 12.2. The van der Waals surface area contributed by atoms with Crippen molar-refractivity contribution in [3.8, 4) is 0 Å². The first-order valence-electron chi connectivity index (χ1n) is 6.46. The van der Waals surface area contributed by atoms with Crippen LogP contribution in [0.2, 0.25) is 0 Å². The minimum atomic E-state index is -0.281. The van der Waals surface area contributed by atoms with Gasteiger partial charge in [-0.25, -0.2) is 0 Å². The lowest BCUT2D eigenvalue weighted by atomic mass is 9.90. The SMILES string of the molecule is CCC(C(=O)OC)c1ccccc1CCCCF. The van der Waals surface area contributed by atoms with Gasteiger partial charge in [0, 0.05) is 0 Å². The number of hydrogen-bond donors (Lipinski definition) is 0. The second kappa shape index (κ2) is 7.85. The first-order chi connectivity index (χ1) is 8.74. The number of aryl methyl sites for hydroxylation is 1. The van der Waals surface area contributed by atoms with Crippen LogP contribution in [-0.4, -0.2) is 19.8 Å². The van der Waals surface area contributed by atoms with Crippen LogP contribution in [0, 0.1) is 0 Å². The number of halogens is 1. The van der Waals surface area contributed by atoms with Crippen molar-refractivity contribution >= 4 is 5.97 Å². The molecular formula is C15H21FO2. The summed E-state index contributed by atoms with van der Waals surface area (Å²) in [5, 5.41) is 0. The smallest absolute Gasteiger partial charge is 0.313 e. The highest BCUT2D eigenvalue weighted by Crippen LogP contribution is 2.25. The third kappa shape index (κ3) is 3.83. The van der Waals surface area contributed by atoms with E-state index in [0.717, 1.165) is 24.0 Å². The number of unbranched alkanes of at least 4 members (excludes halogenated alkanes) is 1. The van der Waals surface area contributed by atoms with Crippen LogP contribution in [0.4, 0.5) is 4.39 Å². The van der Waals surface area contributed by atoms with Gasteiger partial charge in [-0.15, -0.1) is 0 Å². The van der Waals surface area contributed by atoms with Crippen molar-refractivity contribution in [1.29, 1.82) is 0 Å². The molecule has 0 aliphatic rings. The number of methoxy groups -OCH3 is 1. The van der Waals surface area contributed by atoms with Gasteiger partial charge in [0.25, 0.3) is 0 Å². The minimum Gasteiger partial charge on any atom is -0.469 e. The Balaban J connectivity index is 2.88. The van der Waals surface area contributed by atoms with E-state index in [0.29, 0.717) is 12.8 Å². The quantitative estimate of drug-likeness (QED) is 0.547. The summed E-state index contributed by atoms with van der Waals surface area (Å²) in [6.45, 7) is 1.69. The third-order valence-electron chi connectivity index (χ3n) is 3.15. The summed E-state index contributed by atoms with van der Waals surface area (Å²) >= 11 is 0. The van der Waals surface area contributed by atoms with Crippen LogP contribution in [0.1, 0.15) is 43.2 Å². The molecule has 0 amide bonds. The van der Waals surface area contributed by atoms with Crippen molar-refractivity contribution in [2.75, 3.05) is 13.8 Å². The van der Waals surface area contributed by atoms with Crippen LogP contribution in [0.15, 0.2) is 24.3 Å². The first kappa shape index (κ1) is 14.7. The molecule has 1 aromatic carbocycles. The van der Waals surface area contributed by atoms with Gasteiger partial charge in [-0.05, 0) is 36.8 Å². The molecule has 1 rings (SSSR count). The summed E-state index contributed by atoms with van der Waals surface area (Å²) in [5.74, 6) is -0.410. The first-order valence-corrected chi connectivity index (χ1v) is 6.46. The van der Waals surface area contributed by atoms with Gasteiger partial charge in [-0.2, -0.15) is 0 Å². The lowest BCUT2D eigenvalue weighted by Crippen LogP contribution is -2.15. The number of esters is 1. The van der Waals surface area contributed by atoms with Crippen molar-refractivity contribution in [3.63, 3.8) is 0 Å². The molecule has 0 aliphatic carbocycles. The Kier molecular flexibility index (Phi) is 6.40. The van der Waals surface area contributed by atoms with Gasteiger partial charge in [0.05, 0.1) is 19.7 Å². The van der Waals surface area contributed by atoms with Gasteiger partial charge < -0.3 is 4.74 Å². The van der Waals surface area contributed by atoms with Crippen molar-refractivity contribution in [3.05, 3.63) is 35.4 Å². The molecule has 18 heavy (non-hydrogen) atoms. The summed E-state index contributed by atoms with van der Waals surface area (Å²) in [4.78, 5) is 11.7. The number of benzene rings is 1. The summed E-state index contributed by atoms with van der Waals surface area (Å²) in [6, 6.07) is 7.87. The predicted octanol–water partition coefficient (Wildman–Crippen LogP) is 3.65. The molecule has 0 aromatic heterocycles. The lowest BCUT2D eigenvalue weighted by molar-refractivity contribution is -0.142. The van der Waals surface area contributed by atoms with Crippen molar-refractivity contribution in [2.24, 2.45) is 0 Å². The van der Waals surface area contributed by atoms with Gasteiger partial charge in [0.15, 0.2) is 0 Å². The van der Waals surface area contributed by atoms with E-state index in [2.05, 4.69) is 0 Å². The minimum absolute atomic E-state index is 0.199. The Morgan fingerprint density at radius 1 is 1.33 bits per heavy atom. The Morgan fingerprint density at radius 2 is 2.06 bits per heavy atom. The summed E-state index contributed by atoms with van der Waals surface area (Å²) in [7, 11) is 1.41. The third-order valence-corrected chi connectivity index (χ3v) is 3.15. The van der Waals surface area contributed by atoms with Crippen LogP contribution in [0.3, 0.4) is 0 Å². The molecule has 0 fully saturated rings. The Morgan fingerprint density at radius 3 is 2.67 bits per heavy atom. The van der Waals surface area contributed by atoms with Gasteiger partial charge >= 0.3 is 5.97 Å². The number of ether oxygens (including phenoxy) is 1. The molecule has 3 heteroatoms. The zero-order chi connectivity index (χ0) is 13.4. The van der Waals surface area contributed by atoms with Crippen LogP contribution in [0.5, 0.6) is 0 Å². The van der Waals surface area contributed by atoms with E-state index in [1.54, 1.807) is 0 Å². The van der Waals surface area contributed by atoms with Crippen molar-refractivity contribution in [1.82, 2.24) is 0 Å². The number of alkyl halides is 1. The molecule has 100 valence electrons. The molecule has 0 bridgehead atoms. The molecule has 0 spiro atoms. The molecule has 1 unspecified atom stereocenters. The maximum Gasteiger partial charge on any atom is 0.313 e. The maximum absolute atomic E-state index is 12.1. The van der Waals surface area contributed by atoms with E-state index in [-0.39, 0.29) is 18.6 Å². The Hall–Kier alpha value is -1.38. The highest BCUT2D eigenvalue weighted by molar-refractivity contribution is 5.78. The van der Waals surface area contributed by atoms with E-state index >= 15 is 0 Å². The van der Waals surface area contributed by atoms with E-state index in [4.69, 9.17) is 4.74 Å². The van der Waals surface area contributed by atoms with Crippen LogP contribution >= 0.6 is 0 Å². The van der Waals surface area contributed by atoms with E-state index in [1.807, 2.05) is 31.2 Å². The maximum atomic E-state index is 12.1. The van der Waals surface area contributed by atoms with Crippen molar-refractivity contribution < 1.29 is 13.9 Å². The highest BCUT2D eigenvalue weighted by Gasteiger charge is 2.21. The average molecular weight is 252 g/mol. The fourth-order valence-corrected chi connectivity index (χ4v) is 2.17. The molecule has 0 saturated carbocycles. The number of carbonyl (C=O) groups is 1. The number of hydrogen-bond acceptors (Lipinski definition) is 2. The molecular weight excluding hydrogens is 231 g/mol. The van der Waals surface area contributed by atoms with Crippen molar-refractivity contribution in [2.45, 2.75) is 38.5 Å². The summed E-state index contributed by atoms with van der Waals surface area (Å²) < 4.78 is 17.0. The molecule has 2 nitrogen and oxygen atoms in total. The standard InChI is InChI=1S/C15H21FO2/c1-3-13(15(17)18-2)14-10-5-4-8-12(14)9-6-7-11-16/h4-5,8,10,13H,3,6-7,9,11H2,1-2H3. The Bertz CT molecular complexity index is 377. The van der Waals surface area contributed by atoms with Gasteiger partial charge in [-0.1, -0.05) is 31.2 Å². The topological polar surface area (TPSA) is 26.3 Å². The molecule has 0 radical (unpaired) electrons. The predicted molar refractivity (Wildman–Crippen MR) is 70.4 cm³/mol. The molecule has 1 atom stereocenters.